The minimum absolute atomic E-state index is 0.0456. The van der Waals surface area contributed by atoms with Crippen LogP contribution in [0.2, 0.25) is 0 Å². The SMILES string of the molecule is COc1ccc(C2C(C(=O)O)=C(C)N=c3sc(=Cc4cc(Br)c(O)c(Br)c4)c(=O)n32)cc1. The van der Waals surface area contributed by atoms with Crippen LogP contribution in [0.15, 0.2) is 66.4 Å². The molecule has 1 unspecified atom stereocenters. The van der Waals surface area contributed by atoms with E-state index in [4.69, 9.17) is 4.74 Å². The monoisotopic (exact) mass is 578 g/mol. The number of thiazole rings is 1. The number of hydrogen-bond acceptors (Lipinski definition) is 6. The van der Waals surface area contributed by atoms with Gasteiger partial charge in [-0.1, -0.05) is 23.5 Å². The minimum atomic E-state index is -1.13. The van der Waals surface area contributed by atoms with Crippen molar-refractivity contribution in [2.75, 3.05) is 7.11 Å². The van der Waals surface area contributed by atoms with E-state index in [0.717, 1.165) is 0 Å². The molecule has 0 bridgehead atoms. The molecule has 4 rings (SSSR count). The van der Waals surface area contributed by atoms with Gasteiger partial charge in [0, 0.05) is 0 Å². The highest BCUT2D eigenvalue weighted by molar-refractivity contribution is 9.11. The number of rotatable bonds is 4. The smallest absolute Gasteiger partial charge is 0.335 e. The molecular formula is C22H16Br2N2O5S. The van der Waals surface area contributed by atoms with E-state index >= 15 is 0 Å². The summed E-state index contributed by atoms with van der Waals surface area (Å²) in [5.74, 6) is -0.445. The van der Waals surface area contributed by atoms with Gasteiger partial charge in [0.05, 0.1) is 37.9 Å². The van der Waals surface area contributed by atoms with Gasteiger partial charge in [0.25, 0.3) is 5.56 Å². The molecule has 3 aromatic rings. The lowest BCUT2D eigenvalue weighted by Crippen LogP contribution is -2.39. The number of phenols is 1. The average Bonchev–Trinajstić information content (AvgIpc) is 3.05. The number of aromatic nitrogens is 1. The van der Waals surface area contributed by atoms with Crippen molar-refractivity contribution in [3.8, 4) is 11.5 Å². The fourth-order valence-corrected chi connectivity index (χ4v) is 5.78. The topological polar surface area (TPSA) is 101 Å². The number of hydrogen-bond donors (Lipinski definition) is 2. The van der Waals surface area contributed by atoms with E-state index in [9.17, 15) is 19.8 Å². The molecule has 0 saturated carbocycles. The van der Waals surface area contributed by atoms with Gasteiger partial charge >= 0.3 is 5.97 Å². The quantitative estimate of drug-likeness (QED) is 0.492. The number of carboxylic acid groups (broad SMARTS) is 1. The van der Waals surface area contributed by atoms with Crippen LogP contribution in [-0.4, -0.2) is 27.9 Å². The third-order valence-electron chi connectivity index (χ3n) is 5.02. The van der Waals surface area contributed by atoms with E-state index < -0.39 is 12.0 Å². The number of allylic oxidation sites excluding steroid dienone is 1. The zero-order valence-corrected chi connectivity index (χ0v) is 20.8. The van der Waals surface area contributed by atoms with Gasteiger partial charge in [0.15, 0.2) is 4.80 Å². The van der Waals surface area contributed by atoms with Crippen molar-refractivity contribution >= 4 is 55.2 Å². The fourth-order valence-electron chi connectivity index (χ4n) is 3.52. The van der Waals surface area contributed by atoms with Gasteiger partial charge in [-0.2, -0.15) is 0 Å². The number of aliphatic carboxylic acids is 1. The molecule has 2 aromatic carbocycles. The maximum absolute atomic E-state index is 13.4. The lowest BCUT2D eigenvalue weighted by atomic mass is 9.96. The van der Waals surface area contributed by atoms with E-state index in [1.807, 2.05) is 0 Å². The Morgan fingerprint density at radius 1 is 1.22 bits per heavy atom. The summed E-state index contributed by atoms with van der Waals surface area (Å²) in [5.41, 5.74) is 1.37. The van der Waals surface area contributed by atoms with E-state index in [-0.39, 0.29) is 16.9 Å². The second-order valence-corrected chi connectivity index (χ2v) is 9.71. The summed E-state index contributed by atoms with van der Waals surface area (Å²) in [5, 5.41) is 19.8. The molecule has 1 aliphatic rings. The lowest BCUT2D eigenvalue weighted by Gasteiger charge is -2.23. The van der Waals surface area contributed by atoms with Gasteiger partial charge < -0.3 is 14.9 Å². The number of ether oxygens (including phenoxy) is 1. The molecular weight excluding hydrogens is 564 g/mol. The maximum Gasteiger partial charge on any atom is 0.335 e. The van der Waals surface area contributed by atoms with E-state index in [0.29, 0.717) is 40.9 Å². The van der Waals surface area contributed by atoms with Crippen molar-refractivity contribution in [2.45, 2.75) is 13.0 Å². The Kier molecular flexibility index (Phi) is 6.11. The van der Waals surface area contributed by atoms with Crippen LogP contribution >= 0.6 is 43.2 Å². The molecule has 164 valence electrons. The highest BCUT2D eigenvalue weighted by atomic mass is 79.9. The molecule has 1 aliphatic heterocycles. The van der Waals surface area contributed by atoms with Gasteiger partial charge in [-0.3, -0.25) is 9.36 Å². The van der Waals surface area contributed by atoms with E-state index in [1.165, 1.54) is 15.9 Å². The summed E-state index contributed by atoms with van der Waals surface area (Å²) in [4.78, 5) is 30.3. The summed E-state index contributed by atoms with van der Waals surface area (Å²) in [6, 6.07) is 9.50. The number of methoxy groups -OCH3 is 1. The molecule has 7 nitrogen and oxygen atoms in total. The van der Waals surface area contributed by atoms with Gasteiger partial charge in [0.1, 0.15) is 11.5 Å². The Hall–Kier alpha value is -2.69. The number of benzene rings is 2. The van der Waals surface area contributed by atoms with Crippen LogP contribution in [0.4, 0.5) is 0 Å². The van der Waals surface area contributed by atoms with Crippen molar-refractivity contribution in [1.82, 2.24) is 4.57 Å². The number of fused-ring (bicyclic) bond motifs is 1. The molecule has 0 spiro atoms. The summed E-state index contributed by atoms with van der Waals surface area (Å²) in [6.45, 7) is 1.63. The number of halogens is 2. The Morgan fingerprint density at radius 2 is 1.84 bits per heavy atom. The van der Waals surface area contributed by atoms with Crippen molar-refractivity contribution in [3.63, 3.8) is 0 Å². The van der Waals surface area contributed by atoms with Crippen molar-refractivity contribution in [3.05, 3.63) is 87.4 Å². The number of nitrogens with zero attached hydrogens (tertiary/aromatic N) is 2. The first kappa shape index (κ1) is 22.5. The Bertz CT molecular complexity index is 1430. The van der Waals surface area contributed by atoms with Crippen LogP contribution in [0.25, 0.3) is 6.08 Å². The van der Waals surface area contributed by atoms with Crippen LogP contribution in [0.5, 0.6) is 11.5 Å². The molecule has 1 aromatic heterocycles. The van der Waals surface area contributed by atoms with Gasteiger partial charge in [0.2, 0.25) is 0 Å². The molecule has 10 heteroatoms. The first-order chi connectivity index (χ1) is 15.2. The zero-order chi connectivity index (χ0) is 23.2. The highest BCUT2D eigenvalue weighted by Crippen LogP contribution is 2.34. The van der Waals surface area contributed by atoms with E-state index in [2.05, 4.69) is 36.9 Å². The second-order valence-electron chi connectivity index (χ2n) is 6.99. The summed E-state index contributed by atoms with van der Waals surface area (Å²) in [7, 11) is 1.55. The highest BCUT2D eigenvalue weighted by Gasteiger charge is 2.32. The number of phenolic OH excluding ortho intramolecular Hbond substituents is 1. The third kappa shape index (κ3) is 3.94. The molecule has 0 saturated heterocycles. The van der Waals surface area contributed by atoms with E-state index in [1.54, 1.807) is 56.5 Å². The third-order valence-corrected chi connectivity index (χ3v) is 7.21. The normalized spacial score (nSPS) is 16.0. The molecule has 1 atom stereocenters. The van der Waals surface area contributed by atoms with Crippen molar-refractivity contribution in [1.29, 1.82) is 0 Å². The van der Waals surface area contributed by atoms with Crippen molar-refractivity contribution in [2.24, 2.45) is 4.99 Å². The molecule has 0 radical (unpaired) electrons. The zero-order valence-electron chi connectivity index (χ0n) is 16.8. The predicted octanol–water partition coefficient (Wildman–Crippen LogP) is 3.56. The van der Waals surface area contributed by atoms with Crippen molar-refractivity contribution < 1.29 is 19.7 Å². The number of aromatic hydroxyl groups is 1. The van der Waals surface area contributed by atoms with Crippen LogP contribution in [-0.2, 0) is 4.79 Å². The lowest BCUT2D eigenvalue weighted by molar-refractivity contribution is -0.133. The Labute approximate surface area is 202 Å². The molecule has 0 amide bonds. The first-order valence-corrected chi connectivity index (χ1v) is 11.7. The summed E-state index contributed by atoms with van der Waals surface area (Å²) in [6.07, 6.45) is 1.68. The maximum atomic E-state index is 13.4. The Morgan fingerprint density at radius 3 is 2.41 bits per heavy atom. The molecule has 2 N–H and O–H groups in total. The van der Waals surface area contributed by atoms with Gasteiger partial charge in [-0.05, 0) is 80.3 Å². The number of carboxylic acids is 1. The van der Waals surface area contributed by atoms with Gasteiger partial charge in [-0.15, -0.1) is 0 Å². The van der Waals surface area contributed by atoms with Crippen LogP contribution in [0.1, 0.15) is 24.1 Å². The van der Waals surface area contributed by atoms with Crippen LogP contribution in [0, 0.1) is 0 Å². The molecule has 0 aliphatic carbocycles. The minimum Gasteiger partial charge on any atom is -0.506 e. The standard InChI is InChI=1S/C22H16Br2N2O5S/c1-10-17(21(29)30)18(12-3-5-13(31-2)6-4-12)26-20(28)16(32-22(26)25-10)9-11-7-14(23)19(27)15(24)8-11/h3-9,18,27H,1-2H3,(H,29,30). The average molecular weight is 580 g/mol. The molecule has 0 fully saturated rings. The molecule has 32 heavy (non-hydrogen) atoms. The summed E-state index contributed by atoms with van der Waals surface area (Å²) < 4.78 is 7.97. The largest absolute Gasteiger partial charge is 0.506 e. The summed E-state index contributed by atoms with van der Waals surface area (Å²) >= 11 is 7.76. The number of carbonyl (C=O) groups is 1. The fraction of sp³-hybridized carbons (Fsp3) is 0.136. The Balaban J connectivity index is 1.95. The van der Waals surface area contributed by atoms with Crippen LogP contribution < -0.4 is 19.6 Å². The predicted molar refractivity (Wildman–Crippen MR) is 128 cm³/mol. The van der Waals surface area contributed by atoms with Crippen LogP contribution in [0.3, 0.4) is 0 Å². The van der Waals surface area contributed by atoms with Gasteiger partial charge in [-0.25, -0.2) is 9.79 Å². The second kappa shape index (κ2) is 8.68. The first-order valence-electron chi connectivity index (χ1n) is 9.29. The molecule has 2 heterocycles.